The van der Waals surface area contributed by atoms with Gasteiger partial charge in [0.05, 0.1) is 25.5 Å². The molecule has 0 aromatic heterocycles. The summed E-state index contributed by atoms with van der Waals surface area (Å²) in [5, 5.41) is 2.72. The summed E-state index contributed by atoms with van der Waals surface area (Å²) in [5.74, 6) is 0.924. The van der Waals surface area contributed by atoms with Crippen LogP contribution in [0.2, 0.25) is 0 Å². The Morgan fingerprint density at radius 2 is 1.56 bits per heavy atom. The third-order valence-electron chi connectivity index (χ3n) is 4.54. The summed E-state index contributed by atoms with van der Waals surface area (Å²) < 4.78 is 27.8. The number of carbonyl (C=O) groups is 2. The van der Waals surface area contributed by atoms with E-state index in [4.69, 9.17) is 23.7 Å². The van der Waals surface area contributed by atoms with Crippen molar-refractivity contribution in [2.24, 2.45) is 0 Å². The fourth-order valence-electron chi connectivity index (χ4n) is 2.90. The highest BCUT2D eigenvalue weighted by molar-refractivity contribution is 9.10. The molecule has 0 bridgehead atoms. The maximum absolute atomic E-state index is 12.4. The second-order valence-electron chi connectivity index (χ2n) is 6.84. The van der Waals surface area contributed by atoms with Crippen molar-refractivity contribution in [3.63, 3.8) is 0 Å². The van der Waals surface area contributed by atoms with E-state index in [2.05, 4.69) is 21.2 Å². The van der Waals surface area contributed by atoms with Crippen molar-refractivity contribution >= 4 is 33.5 Å². The van der Waals surface area contributed by atoms with Crippen molar-refractivity contribution in [1.29, 1.82) is 0 Å². The zero-order valence-corrected chi connectivity index (χ0v) is 20.3. The van der Waals surface area contributed by atoms with Gasteiger partial charge in [0.25, 0.3) is 5.91 Å². The summed E-state index contributed by atoms with van der Waals surface area (Å²) in [4.78, 5) is 24.6. The lowest BCUT2D eigenvalue weighted by Gasteiger charge is -2.13. The molecule has 3 rings (SSSR count). The average Bonchev–Trinajstić information content (AvgIpc) is 2.86. The Morgan fingerprint density at radius 1 is 0.824 bits per heavy atom. The molecule has 0 saturated carbocycles. The molecule has 0 unspecified atom stereocenters. The number of halogens is 1. The van der Waals surface area contributed by atoms with E-state index >= 15 is 0 Å². The van der Waals surface area contributed by atoms with E-state index in [-0.39, 0.29) is 31.3 Å². The molecule has 1 N–H and O–H groups in total. The molecular formula is C25H24BrNO7. The number of anilines is 1. The van der Waals surface area contributed by atoms with Crippen LogP contribution >= 0.6 is 15.9 Å². The van der Waals surface area contributed by atoms with Crippen molar-refractivity contribution in [1.82, 2.24) is 0 Å². The monoisotopic (exact) mass is 529 g/mol. The van der Waals surface area contributed by atoms with E-state index in [0.29, 0.717) is 28.7 Å². The van der Waals surface area contributed by atoms with E-state index < -0.39 is 5.97 Å². The van der Waals surface area contributed by atoms with Crippen LogP contribution in [-0.2, 0) is 9.53 Å². The Kier molecular flexibility index (Phi) is 9.16. The van der Waals surface area contributed by atoms with Gasteiger partial charge in [-0.1, -0.05) is 28.1 Å². The molecule has 0 heterocycles. The van der Waals surface area contributed by atoms with Crippen molar-refractivity contribution in [2.45, 2.75) is 0 Å². The van der Waals surface area contributed by atoms with Gasteiger partial charge < -0.3 is 29.0 Å². The number of amides is 1. The molecule has 0 aliphatic heterocycles. The number of ether oxygens (including phenoxy) is 5. The summed E-state index contributed by atoms with van der Waals surface area (Å²) in [6.45, 7) is 0.0389. The Balaban J connectivity index is 1.50. The molecule has 0 aliphatic rings. The zero-order valence-electron chi connectivity index (χ0n) is 18.7. The van der Waals surface area contributed by atoms with Crippen LogP contribution in [0.1, 0.15) is 10.4 Å². The number of esters is 1. The lowest BCUT2D eigenvalue weighted by atomic mass is 10.2. The highest BCUT2D eigenvalue weighted by Crippen LogP contribution is 2.29. The van der Waals surface area contributed by atoms with E-state index in [1.165, 1.54) is 26.4 Å². The summed E-state index contributed by atoms with van der Waals surface area (Å²) >= 11 is 3.36. The van der Waals surface area contributed by atoms with Crippen LogP contribution < -0.4 is 24.3 Å². The molecule has 178 valence electrons. The normalized spacial score (nSPS) is 10.2. The number of carbonyl (C=O) groups excluding carboxylic acids is 2. The number of nitrogens with one attached hydrogen (secondary N) is 1. The average molecular weight is 530 g/mol. The minimum absolute atomic E-state index is 0.0819. The van der Waals surface area contributed by atoms with E-state index in [0.717, 1.165) is 4.47 Å². The van der Waals surface area contributed by atoms with Gasteiger partial charge in [-0.05, 0) is 54.6 Å². The topological polar surface area (TPSA) is 92.3 Å². The van der Waals surface area contributed by atoms with Gasteiger partial charge in [-0.3, -0.25) is 4.79 Å². The van der Waals surface area contributed by atoms with Crippen LogP contribution in [0, 0.1) is 0 Å². The van der Waals surface area contributed by atoms with Gasteiger partial charge in [0.15, 0.2) is 18.1 Å². The maximum atomic E-state index is 12.4. The first-order valence-corrected chi connectivity index (χ1v) is 11.1. The molecule has 1 amide bonds. The lowest BCUT2D eigenvalue weighted by Crippen LogP contribution is -2.20. The largest absolute Gasteiger partial charge is 0.495 e. The molecule has 0 atom stereocenters. The number of hydrogen-bond acceptors (Lipinski definition) is 7. The van der Waals surface area contributed by atoms with Crippen molar-refractivity contribution < 1.29 is 33.3 Å². The summed E-state index contributed by atoms with van der Waals surface area (Å²) in [7, 11) is 2.96. The standard InChI is InChI=1S/C25H24BrNO7/c1-30-21-6-4-3-5-20(21)27-24(28)16-34-22-12-7-17(15-23(22)31-2)25(29)33-14-13-32-19-10-8-18(26)9-11-19/h3-12,15H,13-14,16H2,1-2H3,(H,27,28). The van der Waals surface area contributed by atoms with Crippen molar-refractivity contribution in [2.75, 3.05) is 39.4 Å². The molecular weight excluding hydrogens is 506 g/mol. The maximum Gasteiger partial charge on any atom is 0.338 e. The van der Waals surface area contributed by atoms with E-state index in [1.807, 2.05) is 24.3 Å². The first-order chi connectivity index (χ1) is 16.5. The van der Waals surface area contributed by atoms with Gasteiger partial charge in [-0.15, -0.1) is 0 Å². The smallest absolute Gasteiger partial charge is 0.338 e. The van der Waals surface area contributed by atoms with Crippen LogP contribution in [0.25, 0.3) is 0 Å². The fourth-order valence-corrected chi connectivity index (χ4v) is 3.16. The number of para-hydroxylation sites is 2. The molecule has 3 aromatic carbocycles. The second kappa shape index (κ2) is 12.5. The molecule has 0 aliphatic carbocycles. The van der Waals surface area contributed by atoms with Gasteiger partial charge in [0, 0.05) is 4.47 Å². The minimum atomic E-state index is -0.529. The van der Waals surface area contributed by atoms with Gasteiger partial charge in [-0.25, -0.2) is 4.79 Å². The lowest BCUT2D eigenvalue weighted by molar-refractivity contribution is -0.118. The molecule has 34 heavy (non-hydrogen) atoms. The molecule has 9 heteroatoms. The molecule has 8 nitrogen and oxygen atoms in total. The summed E-state index contributed by atoms with van der Waals surface area (Å²) in [6.07, 6.45) is 0. The van der Waals surface area contributed by atoms with Crippen LogP contribution in [-0.4, -0.2) is 45.9 Å². The molecule has 0 fully saturated rings. The molecule has 0 spiro atoms. The number of methoxy groups -OCH3 is 2. The number of benzene rings is 3. The quantitative estimate of drug-likeness (QED) is 0.283. The first kappa shape index (κ1) is 24.9. The highest BCUT2D eigenvalue weighted by Gasteiger charge is 2.14. The Hall–Kier alpha value is -3.72. The summed E-state index contributed by atoms with van der Waals surface area (Å²) in [6, 6.07) is 19.0. The Labute approximate surface area is 205 Å². The predicted molar refractivity (Wildman–Crippen MR) is 130 cm³/mol. The molecule has 0 saturated heterocycles. The van der Waals surface area contributed by atoms with Gasteiger partial charge in [-0.2, -0.15) is 0 Å². The molecule has 0 radical (unpaired) electrons. The third-order valence-corrected chi connectivity index (χ3v) is 5.07. The first-order valence-electron chi connectivity index (χ1n) is 10.3. The van der Waals surface area contributed by atoms with E-state index in [9.17, 15) is 9.59 Å². The fraction of sp³-hybridized carbons (Fsp3) is 0.200. The summed E-state index contributed by atoms with van der Waals surface area (Å²) in [5.41, 5.74) is 0.819. The molecule has 3 aromatic rings. The number of rotatable bonds is 11. The van der Waals surface area contributed by atoms with Crippen LogP contribution in [0.15, 0.2) is 71.2 Å². The van der Waals surface area contributed by atoms with Crippen LogP contribution in [0.4, 0.5) is 5.69 Å². The van der Waals surface area contributed by atoms with Crippen molar-refractivity contribution in [3.8, 4) is 23.0 Å². The van der Waals surface area contributed by atoms with E-state index in [1.54, 1.807) is 30.3 Å². The van der Waals surface area contributed by atoms with Gasteiger partial charge in [0.1, 0.15) is 24.7 Å². The minimum Gasteiger partial charge on any atom is -0.495 e. The Morgan fingerprint density at radius 3 is 2.29 bits per heavy atom. The predicted octanol–water partition coefficient (Wildman–Crippen LogP) is 4.72. The number of hydrogen-bond donors (Lipinski definition) is 1. The second-order valence-corrected chi connectivity index (χ2v) is 7.76. The van der Waals surface area contributed by atoms with Gasteiger partial charge in [0.2, 0.25) is 0 Å². The SMILES string of the molecule is COc1ccccc1NC(=O)COc1ccc(C(=O)OCCOc2ccc(Br)cc2)cc1OC. The third kappa shape index (κ3) is 7.14. The van der Waals surface area contributed by atoms with Crippen molar-refractivity contribution in [3.05, 3.63) is 76.8 Å². The Bertz CT molecular complexity index is 1120. The van der Waals surface area contributed by atoms with Crippen LogP contribution in [0.5, 0.6) is 23.0 Å². The van der Waals surface area contributed by atoms with Crippen LogP contribution in [0.3, 0.4) is 0 Å². The zero-order chi connectivity index (χ0) is 24.3. The van der Waals surface area contributed by atoms with Gasteiger partial charge >= 0.3 is 5.97 Å². The highest BCUT2D eigenvalue weighted by atomic mass is 79.9.